The van der Waals surface area contributed by atoms with Gasteiger partial charge in [0.2, 0.25) is 0 Å². The number of aryl methyl sites for hydroxylation is 1. The van der Waals surface area contributed by atoms with Gasteiger partial charge in [-0.15, -0.1) is 12.6 Å². The molecule has 0 radical (unpaired) electrons. The molecule has 5 heteroatoms. The van der Waals surface area contributed by atoms with E-state index in [4.69, 9.17) is 0 Å². The molecule has 2 aromatic rings. The molecular formula is C14H14N2O2S. The molecule has 0 aliphatic carbocycles. The van der Waals surface area contributed by atoms with E-state index in [0.29, 0.717) is 16.3 Å². The molecule has 3 N–H and O–H groups in total. The number of thiol groups is 1. The number of carbonyl (C=O) groups is 1. The minimum atomic E-state index is -0.430. The molecule has 0 saturated carbocycles. The number of para-hydroxylation sites is 1. The molecule has 98 valence electrons. The van der Waals surface area contributed by atoms with Crippen molar-refractivity contribution in [3.05, 3.63) is 48.0 Å². The molecule has 0 fully saturated rings. The lowest BCUT2D eigenvalue weighted by molar-refractivity contribution is 0.262. The van der Waals surface area contributed by atoms with Crippen molar-refractivity contribution in [2.45, 2.75) is 11.8 Å². The molecule has 0 spiro atoms. The summed E-state index contributed by atoms with van der Waals surface area (Å²) < 4.78 is 0. The molecule has 0 unspecified atom stereocenters. The Morgan fingerprint density at radius 3 is 2.47 bits per heavy atom. The number of benzene rings is 2. The fourth-order valence-electron chi connectivity index (χ4n) is 1.60. The number of phenols is 1. The zero-order valence-corrected chi connectivity index (χ0v) is 11.2. The number of aromatic hydroxyl groups is 1. The standard InChI is InChI=1S/C14H14N2O2S/c1-9-6-7-10(12(17)8-9)15-14(18)16-11-4-2-3-5-13(11)19/h2-8,17,19H,1H3,(H2,15,16,18). The topological polar surface area (TPSA) is 61.4 Å². The van der Waals surface area contributed by atoms with Gasteiger partial charge in [-0.2, -0.15) is 0 Å². The number of anilines is 2. The molecule has 0 aromatic heterocycles. The molecule has 0 saturated heterocycles. The monoisotopic (exact) mass is 274 g/mol. The molecule has 19 heavy (non-hydrogen) atoms. The van der Waals surface area contributed by atoms with Crippen molar-refractivity contribution in [1.82, 2.24) is 0 Å². The fourth-order valence-corrected chi connectivity index (χ4v) is 1.82. The molecule has 0 aliphatic rings. The van der Waals surface area contributed by atoms with Crippen LogP contribution in [0.1, 0.15) is 5.56 Å². The van der Waals surface area contributed by atoms with E-state index in [-0.39, 0.29) is 5.75 Å². The van der Waals surface area contributed by atoms with Crippen LogP contribution in [0.25, 0.3) is 0 Å². The summed E-state index contributed by atoms with van der Waals surface area (Å²) in [5, 5.41) is 14.9. The second kappa shape index (κ2) is 5.67. The zero-order chi connectivity index (χ0) is 13.8. The second-order valence-corrected chi connectivity index (χ2v) is 4.60. The highest BCUT2D eigenvalue weighted by molar-refractivity contribution is 7.80. The third-order valence-electron chi connectivity index (χ3n) is 2.55. The number of urea groups is 1. The van der Waals surface area contributed by atoms with Gasteiger partial charge in [0.05, 0.1) is 11.4 Å². The Morgan fingerprint density at radius 1 is 1.11 bits per heavy atom. The summed E-state index contributed by atoms with van der Waals surface area (Å²) >= 11 is 4.24. The second-order valence-electron chi connectivity index (χ2n) is 4.12. The van der Waals surface area contributed by atoms with Gasteiger partial charge in [-0.25, -0.2) is 4.79 Å². The maximum atomic E-state index is 11.8. The fraction of sp³-hybridized carbons (Fsp3) is 0.0714. The number of carbonyl (C=O) groups excluding carboxylic acids is 1. The minimum absolute atomic E-state index is 0.0364. The van der Waals surface area contributed by atoms with Gasteiger partial charge >= 0.3 is 6.03 Å². The number of rotatable bonds is 2. The largest absolute Gasteiger partial charge is 0.506 e. The van der Waals surface area contributed by atoms with E-state index in [0.717, 1.165) is 5.56 Å². The summed E-state index contributed by atoms with van der Waals surface area (Å²) in [6, 6.07) is 11.8. The Kier molecular flexibility index (Phi) is 3.97. The molecule has 0 heterocycles. The van der Waals surface area contributed by atoms with E-state index in [1.807, 2.05) is 19.1 Å². The average Bonchev–Trinajstić information content (AvgIpc) is 2.36. The Morgan fingerprint density at radius 2 is 1.79 bits per heavy atom. The van der Waals surface area contributed by atoms with Gasteiger partial charge in [0.1, 0.15) is 5.75 Å². The molecule has 0 bridgehead atoms. The molecule has 0 atom stereocenters. The van der Waals surface area contributed by atoms with Crippen molar-refractivity contribution in [3.8, 4) is 5.75 Å². The van der Waals surface area contributed by atoms with Crippen molar-refractivity contribution in [2.75, 3.05) is 10.6 Å². The van der Waals surface area contributed by atoms with E-state index in [1.54, 1.807) is 30.3 Å². The Balaban J connectivity index is 2.08. The van der Waals surface area contributed by atoms with Crippen molar-refractivity contribution < 1.29 is 9.90 Å². The quantitative estimate of drug-likeness (QED) is 0.499. The predicted octanol–water partition coefficient (Wildman–Crippen LogP) is 3.63. The summed E-state index contributed by atoms with van der Waals surface area (Å²) in [7, 11) is 0. The highest BCUT2D eigenvalue weighted by Crippen LogP contribution is 2.24. The zero-order valence-electron chi connectivity index (χ0n) is 10.3. The average molecular weight is 274 g/mol. The first-order chi connectivity index (χ1) is 9.06. The van der Waals surface area contributed by atoms with Crippen LogP contribution in [-0.2, 0) is 0 Å². The van der Waals surface area contributed by atoms with Crippen molar-refractivity contribution in [3.63, 3.8) is 0 Å². The SMILES string of the molecule is Cc1ccc(NC(=O)Nc2ccccc2S)c(O)c1. The van der Waals surface area contributed by atoms with Gasteiger partial charge in [0.25, 0.3) is 0 Å². The van der Waals surface area contributed by atoms with Crippen LogP contribution in [0.5, 0.6) is 5.75 Å². The smallest absolute Gasteiger partial charge is 0.323 e. The van der Waals surface area contributed by atoms with Crippen molar-refractivity contribution >= 4 is 30.0 Å². The summed E-state index contributed by atoms with van der Waals surface area (Å²) in [5.74, 6) is 0.0364. The first kappa shape index (κ1) is 13.3. The highest BCUT2D eigenvalue weighted by Gasteiger charge is 2.07. The maximum absolute atomic E-state index is 11.8. The lowest BCUT2D eigenvalue weighted by Gasteiger charge is -2.10. The van der Waals surface area contributed by atoms with Gasteiger partial charge < -0.3 is 15.7 Å². The van der Waals surface area contributed by atoms with Gasteiger partial charge in [-0.1, -0.05) is 18.2 Å². The molecule has 2 amide bonds. The number of hydrogen-bond acceptors (Lipinski definition) is 3. The lowest BCUT2D eigenvalue weighted by Crippen LogP contribution is -2.19. The van der Waals surface area contributed by atoms with Gasteiger partial charge in [0, 0.05) is 4.90 Å². The van der Waals surface area contributed by atoms with E-state index in [9.17, 15) is 9.90 Å². The minimum Gasteiger partial charge on any atom is -0.506 e. The maximum Gasteiger partial charge on any atom is 0.323 e. The number of hydrogen-bond donors (Lipinski definition) is 4. The van der Waals surface area contributed by atoms with Crippen LogP contribution in [0.3, 0.4) is 0 Å². The van der Waals surface area contributed by atoms with Crippen LogP contribution in [0.2, 0.25) is 0 Å². The van der Waals surface area contributed by atoms with Crippen LogP contribution in [0.15, 0.2) is 47.4 Å². The van der Waals surface area contributed by atoms with E-state index < -0.39 is 6.03 Å². The normalized spacial score (nSPS) is 10.0. The number of nitrogens with one attached hydrogen (secondary N) is 2. The van der Waals surface area contributed by atoms with Crippen LogP contribution >= 0.6 is 12.6 Å². The first-order valence-electron chi connectivity index (χ1n) is 5.72. The van der Waals surface area contributed by atoms with Crippen LogP contribution < -0.4 is 10.6 Å². The molecule has 0 aliphatic heterocycles. The Bertz CT molecular complexity index is 614. The molecule has 2 rings (SSSR count). The Labute approximate surface area is 116 Å². The van der Waals surface area contributed by atoms with Gasteiger partial charge in [-0.3, -0.25) is 0 Å². The number of amides is 2. The third-order valence-corrected chi connectivity index (χ3v) is 2.94. The number of phenolic OH excluding ortho intramolecular Hbond substituents is 1. The summed E-state index contributed by atoms with van der Waals surface area (Å²) in [4.78, 5) is 12.5. The van der Waals surface area contributed by atoms with E-state index >= 15 is 0 Å². The lowest BCUT2D eigenvalue weighted by atomic mass is 10.2. The van der Waals surface area contributed by atoms with Crippen LogP contribution in [0.4, 0.5) is 16.2 Å². The summed E-state index contributed by atoms with van der Waals surface area (Å²) in [6.45, 7) is 1.86. The highest BCUT2D eigenvalue weighted by atomic mass is 32.1. The van der Waals surface area contributed by atoms with Gasteiger partial charge in [-0.05, 0) is 36.8 Å². The molecular weight excluding hydrogens is 260 g/mol. The summed E-state index contributed by atoms with van der Waals surface area (Å²) in [5.41, 5.74) is 1.89. The van der Waals surface area contributed by atoms with E-state index in [1.165, 1.54) is 0 Å². The molecule has 4 nitrogen and oxygen atoms in total. The third kappa shape index (κ3) is 3.42. The van der Waals surface area contributed by atoms with Gasteiger partial charge in [0.15, 0.2) is 0 Å². The molecule has 2 aromatic carbocycles. The van der Waals surface area contributed by atoms with E-state index in [2.05, 4.69) is 23.3 Å². The first-order valence-corrected chi connectivity index (χ1v) is 6.16. The summed E-state index contributed by atoms with van der Waals surface area (Å²) in [6.07, 6.45) is 0. The van der Waals surface area contributed by atoms with Crippen LogP contribution in [-0.4, -0.2) is 11.1 Å². The van der Waals surface area contributed by atoms with Crippen molar-refractivity contribution in [1.29, 1.82) is 0 Å². The Hall–Kier alpha value is -2.14. The van der Waals surface area contributed by atoms with Crippen LogP contribution in [0, 0.1) is 6.92 Å². The van der Waals surface area contributed by atoms with Crippen molar-refractivity contribution in [2.24, 2.45) is 0 Å². The predicted molar refractivity (Wildman–Crippen MR) is 79.2 cm³/mol.